The topological polar surface area (TPSA) is 47.6 Å². The van der Waals surface area contributed by atoms with Gasteiger partial charge >= 0.3 is 0 Å². The van der Waals surface area contributed by atoms with Crippen LogP contribution < -0.4 is 14.8 Å². The summed E-state index contributed by atoms with van der Waals surface area (Å²) in [6.45, 7) is -0.300. The Morgan fingerprint density at radius 3 is 3.12 bits per heavy atom. The molecule has 1 heterocycles. The number of hydrogen-bond donors (Lipinski definition) is 1. The minimum atomic E-state index is -2.34. The lowest BCUT2D eigenvalue weighted by Crippen LogP contribution is -2.33. The van der Waals surface area contributed by atoms with Gasteiger partial charge in [-0.25, -0.2) is 0 Å². The lowest BCUT2D eigenvalue weighted by Gasteiger charge is -2.14. The van der Waals surface area contributed by atoms with Crippen molar-refractivity contribution >= 4 is 5.78 Å². The number of ether oxygens (including phenoxy) is 2. The number of Topliss-reactive ketones (excluding diaryl/α,β-unsaturated/α-hetero) is 1. The standard InChI is InChI=1S/C13H17NO3/c1-3-4-10(14-2)13(15)9-5-6-11-12(7-9)17-8-16-11/h5-7,10,14H,3-4,8H2,1-2H3/i2+1D3. The maximum absolute atomic E-state index is 12.4. The summed E-state index contributed by atoms with van der Waals surface area (Å²) in [7, 11) is 0. The van der Waals surface area contributed by atoms with Crippen LogP contribution in [-0.2, 0) is 0 Å². The van der Waals surface area contributed by atoms with Crippen molar-refractivity contribution in [3.63, 3.8) is 0 Å². The molecule has 0 bridgehead atoms. The van der Waals surface area contributed by atoms with E-state index in [0.29, 0.717) is 29.9 Å². The van der Waals surface area contributed by atoms with Crippen LogP contribution in [0.15, 0.2) is 18.2 Å². The zero-order chi connectivity index (χ0) is 14.8. The molecule has 1 aliphatic heterocycles. The van der Waals surface area contributed by atoms with Gasteiger partial charge in [-0.05, 0) is 31.6 Å². The summed E-state index contributed by atoms with van der Waals surface area (Å²) in [4.78, 5) is 12.4. The molecule has 1 atom stereocenters. The minimum absolute atomic E-state index is 0.138. The fraction of sp³-hybridized carbons (Fsp3) is 0.462. The second-order valence-electron chi connectivity index (χ2n) is 3.92. The van der Waals surface area contributed by atoms with Crippen LogP contribution in [0.25, 0.3) is 0 Å². The Balaban J connectivity index is 2.18. The van der Waals surface area contributed by atoms with E-state index < -0.39 is 13.0 Å². The molecule has 4 nitrogen and oxygen atoms in total. The van der Waals surface area contributed by atoms with Gasteiger partial charge in [-0.1, -0.05) is 13.3 Å². The molecule has 0 aliphatic carbocycles. The molecule has 17 heavy (non-hydrogen) atoms. The summed E-state index contributed by atoms with van der Waals surface area (Å²) in [6, 6.07) is 4.15. The Labute approximate surface area is 105 Å². The third kappa shape index (κ3) is 2.42. The van der Waals surface area contributed by atoms with E-state index in [4.69, 9.17) is 13.6 Å². The first kappa shape index (κ1) is 8.53. The lowest BCUT2D eigenvalue weighted by atomic mass is 10.0. The van der Waals surface area contributed by atoms with Gasteiger partial charge in [-0.15, -0.1) is 0 Å². The van der Waals surface area contributed by atoms with Crippen molar-refractivity contribution in [3.8, 4) is 11.5 Å². The molecular weight excluding hydrogens is 219 g/mol. The zero-order valence-electron chi connectivity index (χ0n) is 12.7. The highest BCUT2D eigenvalue weighted by atomic mass is 16.7. The van der Waals surface area contributed by atoms with Gasteiger partial charge in [0.1, 0.15) is 0 Å². The largest absolute Gasteiger partial charge is 0.454 e. The predicted octanol–water partition coefficient (Wildman–Crippen LogP) is 1.99. The molecule has 2 rings (SSSR count). The quantitative estimate of drug-likeness (QED) is 0.630. The van der Waals surface area contributed by atoms with E-state index in [1.165, 1.54) is 0 Å². The molecular formula is C13H17NO3. The number of likely N-dealkylation sites (N-methyl/N-ethyl adjacent to an activating group) is 1. The van der Waals surface area contributed by atoms with E-state index in [0.717, 1.165) is 0 Å². The van der Waals surface area contributed by atoms with E-state index >= 15 is 0 Å². The lowest BCUT2D eigenvalue weighted by molar-refractivity contribution is 0.0941. The summed E-state index contributed by atoms with van der Waals surface area (Å²) in [5, 5.41) is 2.40. The molecule has 0 aromatic heterocycles. The van der Waals surface area contributed by atoms with Gasteiger partial charge in [0.05, 0.1) is 6.04 Å². The van der Waals surface area contributed by atoms with Gasteiger partial charge in [0.25, 0.3) is 0 Å². The molecule has 0 radical (unpaired) electrons. The summed E-state index contributed by atoms with van der Waals surface area (Å²) in [5.41, 5.74) is 0.421. The predicted molar refractivity (Wildman–Crippen MR) is 64.7 cm³/mol. The van der Waals surface area contributed by atoms with Crippen LogP contribution in [0.1, 0.15) is 34.2 Å². The van der Waals surface area contributed by atoms with Crippen LogP contribution in [-0.4, -0.2) is 25.6 Å². The van der Waals surface area contributed by atoms with Gasteiger partial charge in [0.2, 0.25) is 6.79 Å². The first-order chi connectivity index (χ1) is 9.40. The number of hydrogen-bond acceptors (Lipinski definition) is 4. The average Bonchev–Trinajstić information content (AvgIpc) is 2.83. The highest BCUT2D eigenvalue weighted by Crippen LogP contribution is 2.32. The molecule has 1 unspecified atom stereocenters. The molecule has 1 aliphatic rings. The van der Waals surface area contributed by atoms with Gasteiger partial charge < -0.3 is 14.8 Å². The summed E-state index contributed by atoms with van der Waals surface area (Å²) < 4.78 is 32.1. The van der Waals surface area contributed by atoms with Crippen molar-refractivity contribution < 1.29 is 18.4 Å². The number of benzene rings is 1. The fourth-order valence-corrected chi connectivity index (χ4v) is 1.81. The molecule has 92 valence electrons. The van der Waals surface area contributed by atoms with Crippen LogP contribution in [0, 0.1) is 0 Å². The van der Waals surface area contributed by atoms with Gasteiger partial charge in [-0.3, -0.25) is 4.79 Å². The number of rotatable bonds is 5. The van der Waals surface area contributed by atoms with Crippen LogP contribution >= 0.6 is 0 Å². The molecule has 0 spiro atoms. The molecule has 1 aromatic carbocycles. The Bertz CT molecular complexity index is 502. The number of fused-ring (bicyclic) bond motifs is 1. The van der Waals surface area contributed by atoms with Crippen LogP contribution in [0.2, 0.25) is 0 Å². The molecule has 0 fully saturated rings. The second-order valence-corrected chi connectivity index (χ2v) is 3.92. The molecule has 1 aromatic rings. The Morgan fingerprint density at radius 2 is 2.35 bits per heavy atom. The number of carbonyl (C=O) groups excluding carboxylic acids is 1. The first-order valence-corrected chi connectivity index (χ1v) is 5.62. The van der Waals surface area contributed by atoms with E-state index in [1.807, 2.05) is 6.92 Å². The molecule has 0 amide bonds. The van der Waals surface area contributed by atoms with Crippen molar-refractivity contribution in [1.82, 2.24) is 5.32 Å². The zero-order valence-corrected chi connectivity index (χ0v) is 9.66. The van der Waals surface area contributed by atoms with Gasteiger partial charge in [0.15, 0.2) is 17.3 Å². The molecule has 1 N–H and O–H groups in total. The second kappa shape index (κ2) is 5.19. The number of ketones is 1. The summed E-state index contributed by atoms with van der Waals surface area (Å²) >= 11 is 0. The molecule has 0 saturated carbocycles. The average molecular weight is 239 g/mol. The van der Waals surface area contributed by atoms with Crippen molar-refractivity contribution in [3.05, 3.63) is 23.8 Å². The SMILES string of the molecule is [2H][13C]([2H])([2H])NC(CCC)C(=O)c1ccc2c(c1)OCO2. The summed E-state index contributed by atoms with van der Waals surface area (Å²) in [5.74, 6) is 0.860. The van der Waals surface area contributed by atoms with Crippen molar-refractivity contribution in [2.75, 3.05) is 13.8 Å². The Hall–Kier alpha value is -1.55. The smallest absolute Gasteiger partial charge is 0.231 e. The van der Waals surface area contributed by atoms with E-state index in [1.54, 1.807) is 18.2 Å². The van der Waals surface area contributed by atoms with Crippen LogP contribution in [0.4, 0.5) is 0 Å². The van der Waals surface area contributed by atoms with Gasteiger partial charge in [-0.2, -0.15) is 0 Å². The maximum atomic E-state index is 12.4. The normalized spacial score (nSPS) is 18.1. The van der Waals surface area contributed by atoms with E-state index in [9.17, 15) is 4.79 Å². The summed E-state index contributed by atoms with van der Waals surface area (Å²) in [6.07, 6.45) is 1.18. The van der Waals surface area contributed by atoms with E-state index in [-0.39, 0.29) is 12.6 Å². The Morgan fingerprint density at radius 1 is 1.53 bits per heavy atom. The maximum Gasteiger partial charge on any atom is 0.231 e. The Kier molecular flexibility index (Phi) is 2.60. The number of carbonyl (C=O) groups is 1. The molecule has 0 saturated heterocycles. The number of nitrogens with one attached hydrogen (secondary N) is 1. The van der Waals surface area contributed by atoms with Crippen LogP contribution in [0.5, 0.6) is 11.5 Å². The molecule has 4 heteroatoms. The highest BCUT2D eigenvalue weighted by molar-refractivity contribution is 6.00. The third-order valence-electron chi connectivity index (χ3n) is 2.73. The monoisotopic (exact) mass is 239 g/mol. The third-order valence-corrected chi connectivity index (χ3v) is 2.73. The fourth-order valence-electron chi connectivity index (χ4n) is 1.81. The van der Waals surface area contributed by atoms with Crippen molar-refractivity contribution in [2.45, 2.75) is 25.8 Å². The van der Waals surface area contributed by atoms with Crippen molar-refractivity contribution in [1.29, 1.82) is 0 Å². The minimum Gasteiger partial charge on any atom is -0.454 e. The van der Waals surface area contributed by atoms with E-state index in [2.05, 4.69) is 5.32 Å². The highest BCUT2D eigenvalue weighted by Gasteiger charge is 2.20. The van der Waals surface area contributed by atoms with Crippen molar-refractivity contribution in [2.24, 2.45) is 0 Å². The first-order valence-electron chi connectivity index (χ1n) is 7.12. The van der Waals surface area contributed by atoms with Gasteiger partial charge in [0, 0.05) is 9.68 Å². The van der Waals surface area contributed by atoms with Crippen LogP contribution in [0.3, 0.4) is 0 Å².